The molecule has 0 amide bonds. The van der Waals surface area contributed by atoms with Gasteiger partial charge >= 0.3 is 6.18 Å². The van der Waals surface area contributed by atoms with Crippen LogP contribution in [-0.2, 0) is 6.18 Å². The first kappa shape index (κ1) is 15.9. The molecule has 2 rings (SSSR count). The van der Waals surface area contributed by atoms with E-state index >= 15 is 0 Å². The second kappa shape index (κ2) is 6.83. The van der Waals surface area contributed by atoms with E-state index in [1.54, 1.807) is 6.07 Å². The van der Waals surface area contributed by atoms with E-state index in [0.717, 1.165) is 25.0 Å². The molecule has 1 aromatic rings. The molecule has 1 aromatic carbocycles. The summed E-state index contributed by atoms with van der Waals surface area (Å²) in [6, 6.07) is 5.06. The Balaban J connectivity index is 0.000000550. The predicted octanol–water partition coefficient (Wildman–Crippen LogP) is 5.30. The molecule has 1 fully saturated rings. The van der Waals surface area contributed by atoms with E-state index in [1.807, 2.05) is 6.92 Å². The number of hydrogen-bond donors (Lipinski definition) is 0. The topological polar surface area (TPSA) is 9.23 Å². The highest BCUT2D eigenvalue weighted by molar-refractivity contribution is 5.30. The van der Waals surface area contributed by atoms with Crippen LogP contribution in [-0.4, -0.2) is 6.10 Å². The van der Waals surface area contributed by atoms with Crippen molar-refractivity contribution >= 4 is 0 Å². The molecule has 1 aliphatic rings. The van der Waals surface area contributed by atoms with Crippen LogP contribution in [0.25, 0.3) is 0 Å². The molecule has 4 heteroatoms. The van der Waals surface area contributed by atoms with Crippen molar-refractivity contribution in [1.29, 1.82) is 0 Å². The molecule has 1 aliphatic carbocycles. The van der Waals surface area contributed by atoms with E-state index in [9.17, 15) is 13.2 Å². The number of ether oxygens (including phenoxy) is 1. The summed E-state index contributed by atoms with van der Waals surface area (Å²) in [6.45, 7) is 6.29. The molecular formula is C15H21F3O. The summed E-state index contributed by atoms with van der Waals surface area (Å²) >= 11 is 0. The van der Waals surface area contributed by atoms with Gasteiger partial charge in [-0.05, 0) is 37.0 Å². The Morgan fingerprint density at radius 1 is 1.21 bits per heavy atom. The zero-order valence-electron chi connectivity index (χ0n) is 11.6. The lowest BCUT2D eigenvalue weighted by atomic mass is 9.83. The number of alkyl halides is 3. The highest BCUT2D eigenvalue weighted by Crippen LogP contribution is 2.34. The predicted molar refractivity (Wildman–Crippen MR) is 70.2 cm³/mol. The van der Waals surface area contributed by atoms with Gasteiger partial charge in [0.1, 0.15) is 11.9 Å². The number of halogens is 3. The molecule has 0 unspecified atom stereocenters. The van der Waals surface area contributed by atoms with Gasteiger partial charge in [-0.2, -0.15) is 13.2 Å². The molecule has 0 radical (unpaired) electrons. The lowest BCUT2D eigenvalue weighted by Gasteiger charge is -2.34. The normalized spacial score (nSPS) is 22.0. The highest BCUT2D eigenvalue weighted by Gasteiger charge is 2.32. The molecule has 0 spiro atoms. The number of hydrogen-bond acceptors (Lipinski definition) is 1. The zero-order chi connectivity index (χ0) is 14.5. The van der Waals surface area contributed by atoms with Gasteiger partial charge in [0.15, 0.2) is 0 Å². The van der Waals surface area contributed by atoms with Gasteiger partial charge < -0.3 is 4.74 Å². The lowest BCUT2D eigenvalue weighted by molar-refractivity contribution is -0.137. The summed E-state index contributed by atoms with van der Waals surface area (Å²) < 4.78 is 42.8. The monoisotopic (exact) mass is 274 g/mol. The molecular weight excluding hydrogens is 253 g/mol. The molecule has 1 nitrogen and oxygen atoms in total. The Labute approximate surface area is 112 Å². The average Bonchev–Trinajstić information content (AvgIpc) is 2.34. The van der Waals surface area contributed by atoms with E-state index in [4.69, 9.17) is 4.74 Å². The molecule has 1 saturated carbocycles. The minimum Gasteiger partial charge on any atom is -0.490 e. The summed E-state index contributed by atoms with van der Waals surface area (Å²) in [5.41, 5.74) is -0.656. The van der Waals surface area contributed by atoms with Gasteiger partial charge in [-0.25, -0.2) is 0 Å². The SMILES string of the molecule is CCC.C[C@@H]1CC[C@H]1Oc1cccc(C(F)(F)F)c1. The number of rotatable bonds is 2. The Kier molecular flexibility index (Phi) is 5.70. The van der Waals surface area contributed by atoms with Crippen molar-refractivity contribution in [2.24, 2.45) is 5.92 Å². The third-order valence-electron chi connectivity index (χ3n) is 2.99. The Morgan fingerprint density at radius 2 is 1.84 bits per heavy atom. The van der Waals surface area contributed by atoms with Gasteiger partial charge in [-0.3, -0.25) is 0 Å². The molecule has 108 valence electrons. The first-order valence-electron chi connectivity index (χ1n) is 6.72. The van der Waals surface area contributed by atoms with Gasteiger partial charge in [0.2, 0.25) is 0 Å². The first-order valence-corrected chi connectivity index (χ1v) is 6.72. The standard InChI is InChI=1S/C12H13F3O.C3H8/c1-8-5-6-11(8)16-10-4-2-3-9(7-10)12(13,14)15;1-3-2/h2-4,7-8,11H,5-6H2,1H3;3H2,1-2H3/t8-,11-;/m1./s1. The lowest BCUT2D eigenvalue weighted by Crippen LogP contribution is -2.34. The van der Waals surface area contributed by atoms with E-state index < -0.39 is 11.7 Å². The van der Waals surface area contributed by atoms with Crippen molar-refractivity contribution in [2.75, 3.05) is 0 Å². The van der Waals surface area contributed by atoms with E-state index in [-0.39, 0.29) is 6.10 Å². The van der Waals surface area contributed by atoms with E-state index in [2.05, 4.69) is 13.8 Å². The van der Waals surface area contributed by atoms with Crippen LogP contribution >= 0.6 is 0 Å². The van der Waals surface area contributed by atoms with Crippen LogP contribution in [0.3, 0.4) is 0 Å². The van der Waals surface area contributed by atoms with Crippen LogP contribution in [0, 0.1) is 5.92 Å². The molecule has 2 atom stereocenters. The smallest absolute Gasteiger partial charge is 0.416 e. The largest absolute Gasteiger partial charge is 0.490 e. The van der Waals surface area contributed by atoms with Crippen LogP contribution in [0.2, 0.25) is 0 Å². The van der Waals surface area contributed by atoms with Gasteiger partial charge in [-0.1, -0.05) is 33.3 Å². The summed E-state index contributed by atoms with van der Waals surface area (Å²) in [6.07, 6.45) is -0.963. The molecule has 0 N–H and O–H groups in total. The molecule has 0 heterocycles. The first-order chi connectivity index (χ1) is 8.88. The van der Waals surface area contributed by atoms with Crippen LogP contribution in [0.1, 0.15) is 45.6 Å². The maximum atomic E-state index is 12.4. The van der Waals surface area contributed by atoms with Crippen molar-refractivity contribution in [2.45, 2.75) is 52.3 Å². The van der Waals surface area contributed by atoms with Crippen LogP contribution in [0.15, 0.2) is 24.3 Å². The Bertz CT molecular complexity index is 387. The fourth-order valence-electron chi connectivity index (χ4n) is 1.73. The Hall–Kier alpha value is -1.19. The van der Waals surface area contributed by atoms with Crippen molar-refractivity contribution in [3.63, 3.8) is 0 Å². The van der Waals surface area contributed by atoms with Crippen LogP contribution in [0.5, 0.6) is 5.75 Å². The van der Waals surface area contributed by atoms with Crippen molar-refractivity contribution < 1.29 is 17.9 Å². The third-order valence-corrected chi connectivity index (χ3v) is 2.99. The molecule has 0 aliphatic heterocycles. The third kappa shape index (κ3) is 4.77. The second-order valence-electron chi connectivity index (χ2n) is 4.94. The van der Waals surface area contributed by atoms with Crippen LogP contribution < -0.4 is 4.74 Å². The number of benzene rings is 1. The van der Waals surface area contributed by atoms with Crippen LogP contribution in [0.4, 0.5) is 13.2 Å². The zero-order valence-corrected chi connectivity index (χ0v) is 11.6. The summed E-state index contributed by atoms with van der Waals surface area (Å²) in [5.74, 6) is 0.751. The second-order valence-corrected chi connectivity index (χ2v) is 4.94. The van der Waals surface area contributed by atoms with Gasteiger partial charge in [0, 0.05) is 0 Å². The summed E-state index contributed by atoms with van der Waals surface area (Å²) in [5, 5.41) is 0. The Morgan fingerprint density at radius 3 is 2.26 bits per heavy atom. The van der Waals surface area contributed by atoms with E-state index in [0.29, 0.717) is 11.7 Å². The average molecular weight is 274 g/mol. The molecule has 0 aromatic heterocycles. The van der Waals surface area contributed by atoms with Crippen molar-refractivity contribution in [3.05, 3.63) is 29.8 Å². The molecule has 19 heavy (non-hydrogen) atoms. The molecule has 0 bridgehead atoms. The maximum absolute atomic E-state index is 12.4. The minimum absolute atomic E-state index is 0.0727. The van der Waals surface area contributed by atoms with Crippen molar-refractivity contribution in [1.82, 2.24) is 0 Å². The van der Waals surface area contributed by atoms with Gasteiger partial charge in [0.05, 0.1) is 5.56 Å². The quantitative estimate of drug-likeness (QED) is 0.711. The van der Waals surface area contributed by atoms with E-state index in [1.165, 1.54) is 12.5 Å². The van der Waals surface area contributed by atoms with Gasteiger partial charge in [0.25, 0.3) is 0 Å². The van der Waals surface area contributed by atoms with Gasteiger partial charge in [-0.15, -0.1) is 0 Å². The highest BCUT2D eigenvalue weighted by atomic mass is 19.4. The maximum Gasteiger partial charge on any atom is 0.416 e. The fraction of sp³-hybridized carbons (Fsp3) is 0.600. The fourth-order valence-corrected chi connectivity index (χ4v) is 1.73. The summed E-state index contributed by atoms with van der Waals surface area (Å²) in [7, 11) is 0. The molecule has 0 saturated heterocycles. The summed E-state index contributed by atoms with van der Waals surface area (Å²) in [4.78, 5) is 0. The van der Waals surface area contributed by atoms with Crippen molar-refractivity contribution in [3.8, 4) is 5.75 Å². The minimum atomic E-state index is -4.30.